The quantitative estimate of drug-likeness (QED) is 0.779. The Hall–Kier alpha value is -1.88. The molecule has 5 heteroatoms. The van der Waals surface area contributed by atoms with Crippen molar-refractivity contribution in [2.75, 3.05) is 6.26 Å². The number of benzene rings is 1. The highest BCUT2D eigenvalue weighted by Crippen LogP contribution is 2.22. The molecular formula is C12H10N2O2S. The molecule has 0 N–H and O–H groups in total. The predicted octanol–water partition coefficient (Wildman–Crippen LogP) is 2.58. The Kier molecular flexibility index (Phi) is 3.72. The fourth-order valence-corrected chi connectivity index (χ4v) is 1.70. The molecule has 0 radical (unpaired) electrons. The number of nitrogens with zero attached hydrogens (tertiary/aromatic N) is 2. The minimum Gasteiger partial charge on any atom is -0.388 e. The summed E-state index contributed by atoms with van der Waals surface area (Å²) in [6.45, 7) is 0. The minimum atomic E-state index is -0.369. The van der Waals surface area contributed by atoms with Crippen molar-refractivity contribution in [3.05, 3.63) is 48.4 Å². The highest BCUT2D eigenvalue weighted by atomic mass is 32.2. The first-order valence-electron chi connectivity index (χ1n) is 4.93. The van der Waals surface area contributed by atoms with Crippen molar-refractivity contribution in [2.24, 2.45) is 0 Å². The van der Waals surface area contributed by atoms with Crippen LogP contribution < -0.4 is 0 Å². The van der Waals surface area contributed by atoms with Crippen molar-refractivity contribution in [3.8, 4) is 11.3 Å². The van der Waals surface area contributed by atoms with Gasteiger partial charge in [0.15, 0.2) is 0 Å². The van der Waals surface area contributed by atoms with E-state index in [1.807, 2.05) is 12.1 Å². The summed E-state index contributed by atoms with van der Waals surface area (Å²) in [7, 11) is 0. The summed E-state index contributed by atoms with van der Waals surface area (Å²) in [5.74, 6) is -0.369. The van der Waals surface area contributed by atoms with E-state index in [0.29, 0.717) is 11.3 Å². The van der Waals surface area contributed by atoms with Gasteiger partial charge in [-0.3, -0.25) is 0 Å². The second kappa shape index (κ2) is 5.45. The summed E-state index contributed by atoms with van der Waals surface area (Å²) in [4.78, 5) is 19.7. The number of hydrogen-bond donors (Lipinski definition) is 0. The molecule has 0 bridgehead atoms. The van der Waals surface area contributed by atoms with Crippen molar-refractivity contribution in [1.29, 1.82) is 0 Å². The average molecular weight is 246 g/mol. The second-order valence-corrected chi connectivity index (χ2v) is 3.68. The zero-order valence-corrected chi connectivity index (χ0v) is 9.98. The molecule has 0 aliphatic heterocycles. The third kappa shape index (κ3) is 2.62. The van der Waals surface area contributed by atoms with Gasteiger partial charge in [-0.25, -0.2) is 14.8 Å². The lowest BCUT2D eigenvalue weighted by Gasteiger charge is -2.06. The van der Waals surface area contributed by atoms with E-state index in [4.69, 9.17) is 4.18 Å². The Morgan fingerprint density at radius 2 is 2.12 bits per heavy atom. The molecule has 0 saturated carbocycles. The van der Waals surface area contributed by atoms with Gasteiger partial charge in [0.25, 0.3) is 0 Å². The summed E-state index contributed by atoms with van der Waals surface area (Å²) >= 11 is 1.03. The smallest absolute Gasteiger partial charge is 0.350 e. The van der Waals surface area contributed by atoms with Crippen LogP contribution in [0.3, 0.4) is 0 Å². The Balaban J connectivity index is 2.45. The van der Waals surface area contributed by atoms with Gasteiger partial charge in [-0.15, -0.1) is 0 Å². The topological polar surface area (TPSA) is 52.1 Å². The first-order valence-corrected chi connectivity index (χ1v) is 6.08. The molecule has 1 aromatic heterocycles. The molecular weight excluding hydrogens is 236 g/mol. The molecule has 0 atom stereocenters. The maximum Gasteiger partial charge on any atom is 0.350 e. The molecule has 2 aromatic rings. The van der Waals surface area contributed by atoms with Gasteiger partial charge in [0, 0.05) is 18.0 Å². The lowest BCUT2D eigenvalue weighted by atomic mass is 10.0. The number of rotatable bonds is 3. The van der Waals surface area contributed by atoms with E-state index in [1.54, 1.807) is 30.7 Å². The standard InChI is InChI=1S/C12H10N2O2S/c1-17-16-12(15)10-5-3-2-4-9(10)11-6-7-13-8-14-11/h2-8H,1H3. The number of carbonyl (C=O) groups excluding carboxylic acids is 1. The highest BCUT2D eigenvalue weighted by Gasteiger charge is 2.14. The summed E-state index contributed by atoms with van der Waals surface area (Å²) in [5.41, 5.74) is 1.95. The van der Waals surface area contributed by atoms with Gasteiger partial charge in [0.2, 0.25) is 0 Å². The molecule has 0 spiro atoms. The highest BCUT2D eigenvalue weighted by molar-refractivity contribution is 7.94. The number of aromatic nitrogens is 2. The molecule has 0 saturated heterocycles. The van der Waals surface area contributed by atoms with Crippen LogP contribution >= 0.6 is 12.0 Å². The number of carbonyl (C=O) groups is 1. The molecule has 0 unspecified atom stereocenters. The van der Waals surface area contributed by atoms with Gasteiger partial charge in [-0.2, -0.15) is 0 Å². The van der Waals surface area contributed by atoms with Crippen molar-refractivity contribution in [2.45, 2.75) is 0 Å². The van der Waals surface area contributed by atoms with Crippen LogP contribution in [0.25, 0.3) is 11.3 Å². The monoisotopic (exact) mass is 246 g/mol. The van der Waals surface area contributed by atoms with Gasteiger partial charge < -0.3 is 4.18 Å². The van der Waals surface area contributed by atoms with Crippen LogP contribution in [-0.4, -0.2) is 22.2 Å². The molecule has 0 aliphatic carbocycles. The molecule has 0 fully saturated rings. The zero-order chi connectivity index (χ0) is 12.1. The predicted molar refractivity (Wildman–Crippen MR) is 66.4 cm³/mol. The van der Waals surface area contributed by atoms with Crippen molar-refractivity contribution in [3.63, 3.8) is 0 Å². The maximum atomic E-state index is 11.8. The maximum absolute atomic E-state index is 11.8. The second-order valence-electron chi connectivity index (χ2n) is 3.18. The van der Waals surface area contributed by atoms with Crippen LogP contribution in [0.15, 0.2) is 42.9 Å². The van der Waals surface area contributed by atoms with Crippen LogP contribution in [0.2, 0.25) is 0 Å². The molecule has 86 valence electrons. The van der Waals surface area contributed by atoms with E-state index in [2.05, 4.69) is 9.97 Å². The normalized spacial score (nSPS) is 9.94. The summed E-state index contributed by atoms with van der Waals surface area (Å²) < 4.78 is 4.92. The third-order valence-corrected chi connectivity index (χ3v) is 2.48. The van der Waals surface area contributed by atoms with Crippen LogP contribution in [-0.2, 0) is 4.18 Å². The minimum absolute atomic E-state index is 0.369. The van der Waals surface area contributed by atoms with Crippen molar-refractivity contribution < 1.29 is 8.98 Å². The summed E-state index contributed by atoms with van der Waals surface area (Å²) in [6.07, 6.45) is 4.79. The molecule has 1 heterocycles. The fraction of sp³-hybridized carbons (Fsp3) is 0.0833. The van der Waals surface area contributed by atoms with Gasteiger partial charge >= 0.3 is 5.97 Å². The lowest BCUT2D eigenvalue weighted by molar-refractivity contribution is 0.0770. The SMILES string of the molecule is CSOC(=O)c1ccccc1-c1ccncn1. The van der Waals surface area contributed by atoms with Gasteiger partial charge in [0.1, 0.15) is 6.33 Å². The molecule has 0 amide bonds. The van der Waals surface area contributed by atoms with E-state index >= 15 is 0 Å². The Morgan fingerprint density at radius 1 is 1.29 bits per heavy atom. The molecule has 17 heavy (non-hydrogen) atoms. The van der Waals surface area contributed by atoms with E-state index in [-0.39, 0.29) is 5.97 Å². The largest absolute Gasteiger partial charge is 0.388 e. The molecule has 4 nitrogen and oxygen atoms in total. The van der Waals surface area contributed by atoms with Crippen molar-refractivity contribution in [1.82, 2.24) is 9.97 Å². The van der Waals surface area contributed by atoms with Gasteiger partial charge in [-0.1, -0.05) is 18.2 Å². The lowest BCUT2D eigenvalue weighted by Crippen LogP contribution is -2.02. The Bertz CT molecular complexity index is 517. The van der Waals surface area contributed by atoms with Gasteiger partial charge in [0.05, 0.1) is 23.3 Å². The summed E-state index contributed by atoms with van der Waals surface area (Å²) in [5, 5.41) is 0. The first kappa shape index (κ1) is 11.6. The molecule has 0 aliphatic rings. The Labute approximate surface area is 103 Å². The summed E-state index contributed by atoms with van der Waals surface area (Å²) in [6, 6.07) is 8.95. The fourth-order valence-electron chi connectivity index (χ4n) is 1.46. The van der Waals surface area contributed by atoms with E-state index < -0.39 is 0 Å². The van der Waals surface area contributed by atoms with Gasteiger partial charge in [-0.05, 0) is 12.1 Å². The van der Waals surface area contributed by atoms with E-state index in [1.165, 1.54) is 6.33 Å². The van der Waals surface area contributed by atoms with Crippen LogP contribution in [0.4, 0.5) is 0 Å². The average Bonchev–Trinajstić information content (AvgIpc) is 2.40. The van der Waals surface area contributed by atoms with E-state index in [0.717, 1.165) is 17.6 Å². The molecule has 1 aromatic carbocycles. The van der Waals surface area contributed by atoms with E-state index in [9.17, 15) is 4.79 Å². The van der Waals surface area contributed by atoms with Crippen molar-refractivity contribution >= 4 is 18.0 Å². The Morgan fingerprint density at radius 3 is 2.82 bits per heavy atom. The third-order valence-electron chi connectivity index (χ3n) is 2.16. The van der Waals surface area contributed by atoms with Crippen LogP contribution in [0, 0.1) is 0 Å². The molecule has 2 rings (SSSR count). The van der Waals surface area contributed by atoms with Crippen LogP contribution in [0.1, 0.15) is 10.4 Å². The first-order chi connectivity index (χ1) is 8.33. The number of hydrogen-bond acceptors (Lipinski definition) is 5. The zero-order valence-electron chi connectivity index (χ0n) is 9.16. The van der Waals surface area contributed by atoms with Crippen LogP contribution in [0.5, 0.6) is 0 Å².